The molecule has 3 atom stereocenters. The van der Waals surface area contributed by atoms with E-state index in [1.54, 1.807) is 0 Å². The van der Waals surface area contributed by atoms with Crippen LogP contribution in [0, 0.1) is 5.92 Å². The molecule has 2 heteroatoms. The van der Waals surface area contributed by atoms with Crippen LogP contribution in [0.25, 0.3) is 0 Å². The third-order valence-electron chi connectivity index (χ3n) is 3.11. The number of nitrogens with zero attached hydrogens (tertiary/aromatic N) is 1. The second kappa shape index (κ2) is 3.46. The molecule has 0 aromatic rings. The summed E-state index contributed by atoms with van der Waals surface area (Å²) in [5, 5.41) is 0. The molecule has 0 aromatic carbocycles. The molecule has 2 nitrogen and oxygen atoms in total. The molecule has 1 rings (SSSR count). The monoisotopic (exact) mass is 169 g/mol. The highest BCUT2D eigenvalue weighted by molar-refractivity contribution is 5.79. The highest BCUT2D eigenvalue weighted by Gasteiger charge is 2.35. The predicted octanol–water partition coefficient (Wildman–Crippen LogP) is 2.04. The Morgan fingerprint density at radius 3 is 2.50 bits per heavy atom. The summed E-state index contributed by atoms with van der Waals surface area (Å²) < 4.78 is 0. The van der Waals surface area contributed by atoms with Crippen molar-refractivity contribution in [3.8, 4) is 0 Å². The zero-order valence-corrected chi connectivity index (χ0v) is 8.50. The van der Waals surface area contributed by atoms with Crippen LogP contribution < -0.4 is 0 Å². The maximum Gasteiger partial charge on any atom is 0.223 e. The van der Waals surface area contributed by atoms with Crippen LogP contribution in [0.4, 0.5) is 0 Å². The summed E-state index contributed by atoms with van der Waals surface area (Å²) in [6, 6.07) is 0.852. The van der Waals surface area contributed by atoms with Crippen molar-refractivity contribution in [3.63, 3.8) is 0 Å². The van der Waals surface area contributed by atoms with Crippen LogP contribution in [0.5, 0.6) is 0 Å². The van der Waals surface area contributed by atoms with Crippen molar-refractivity contribution in [1.82, 2.24) is 4.90 Å². The SMILES string of the molecule is CCC(C)N1C(=O)C[C@@H](C)[C@@H]1C. The molecule has 12 heavy (non-hydrogen) atoms. The van der Waals surface area contributed by atoms with Crippen molar-refractivity contribution < 1.29 is 4.79 Å². The summed E-state index contributed by atoms with van der Waals surface area (Å²) in [6.45, 7) is 8.58. The highest BCUT2D eigenvalue weighted by atomic mass is 16.2. The maximum absolute atomic E-state index is 11.5. The van der Waals surface area contributed by atoms with Gasteiger partial charge in [-0.1, -0.05) is 13.8 Å². The molecule has 1 aliphatic rings. The molecule has 0 spiro atoms. The van der Waals surface area contributed by atoms with Gasteiger partial charge in [0.2, 0.25) is 5.91 Å². The van der Waals surface area contributed by atoms with E-state index in [4.69, 9.17) is 0 Å². The van der Waals surface area contributed by atoms with Gasteiger partial charge < -0.3 is 4.90 Å². The van der Waals surface area contributed by atoms with Crippen LogP contribution in [-0.4, -0.2) is 22.9 Å². The summed E-state index contributed by atoms with van der Waals surface area (Å²) in [4.78, 5) is 13.6. The van der Waals surface area contributed by atoms with Crippen molar-refractivity contribution in [2.45, 2.75) is 52.6 Å². The zero-order chi connectivity index (χ0) is 9.30. The van der Waals surface area contributed by atoms with Gasteiger partial charge in [0.1, 0.15) is 0 Å². The molecule has 0 N–H and O–H groups in total. The Hall–Kier alpha value is -0.530. The second-order valence-corrected chi connectivity index (χ2v) is 3.98. The molecular weight excluding hydrogens is 150 g/mol. The summed E-state index contributed by atoms with van der Waals surface area (Å²) >= 11 is 0. The smallest absolute Gasteiger partial charge is 0.223 e. The van der Waals surface area contributed by atoms with E-state index in [9.17, 15) is 4.79 Å². The largest absolute Gasteiger partial charge is 0.337 e. The first-order chi connectivity index (χ1) is 5.57. The van der Waals surface area contributed by atoms with Crippen LogP contribution in [0.2, 0.25) is 0 Å². The van der Waals surface area contributed by atoms with Crippen molar-refractivity contribution in [1.29, 1.82) is 0 Å². The van der Waals surface area contributed by atoms with Gasteiger partial charge in [-0.05, 0) is 26.2 Å². The van der Waals surface area contributed by atoms with Crippen molar-refractivity contribution in [2.75, 3.05) is 0 Å². The molecule has 0 aromatic heterocycles. The lowest BCUT2D eigenvalue weighted by atomic mass is 10.0. The van der Waals surface area contributed by atoms with Crippen LogP contribution in [0.3, 0.4) is 0 Å². The van der Waals surface area contributed by atoms with Crippen LogP contribution in [-0.2, 0) is 4.79 Å². The number of carbonyl (C=O) groups excluding carboxylic acids is 1. The number of amides is 1. The van der Waals surface area contributed by atoms with Gasteiger partial charge in [0.05, 0.1) is 0 Å². The number of carbonyl (C=O) groups is 1. The van der Waals surface area contributed by atoms with Gasteiger partial charge in [-0.25, -0.2) is 0 Å². The molecule has 1 unspecified atom stereocenters. The normalized spacial score (nSPS) is 32.7. The maximum atomic E-state index is 11.5. The van der Waals surface area contributed by atoms with E-state index in [0.717, 1.165) is 12.8 Å². The van der Waals surface area contributed by atoms with Gasteiger partial charge >= 0.3 is 0 Å². The molecular formula is C10H19NO. The minimum Gasteiger partial charge on any atom is -0.337 e. The molecule has 0 aliphatic carbocycles. The second-order valence-electron chi connectivity index (χ2n) is 3.98. The van der Waals surface area contributed by atoms with E-state index in [1.165, 1.54) is 0 Å². The van der Waals surface area contributed by atoms with Gasteiger partial charge in [0, 0.05) is 18.5 Å². The van der Waals surface area contributed by atoms with Gasteiger partial charge in [0.25, 0.3) is 0 Å². The van der Waals surface area contributed by atoms with Crippen LogP contribution in [0.15, 0.2) is 0 Å². The fourth-order valence-corrected chi connectivity index (χ4v) is 1.90. The van der Waals surface area contributed by atoms with Crippen molar-refractivity contribution in [2.24, 2.45) is 5.92 Å². The molecule has 1 fully saturated rings. The first kappa shape index (κ1) is 9.56. The Bertz CT molecular complexity index is 179. The van der Waals surface area contributed by atoms with Crippen molar-refractivity contribution in [3.05, 3.63) is 0 Å². The lowest BCUT2D eigenvalue weighted by Crippen LogP contribution is -2.39. The van der Waals surface area contributed by atoms with Crippen LogP contribution in [0.1, 0.15) is 40.5 Å². The van der Waals surface area contributed by atoms with E-state index in [2.05, 4.69) is 27.7 Å². The fraction of sp³-hybridized carbons (Fsp3) is 0.900. The number of hydrogen-bond donors (Lipinski definition) is 0. The van der Waals surface area contributed by atoms with E-state index in [1.807, 2.05) is 4.90 Å². The molecule has 0 saturated carbocycles. The summed E-state index contributed by atoms with van der Waals surface area (Å²) in [5.74, 6) is 0.871. The van der Waals surface area contributed by atoms with E-state index in [-0.39, 0.29) is 0 Å². The Morgan fingerprint density at radius 1 is 1.58 bits per heavy atom. The van der Waals surface area contributed by atoms with Gasteiger partial charge in [-0.3, -0.25) is 4.79 Å². The van der Waals surface area contributed by atoms with E-state index in [0.29, 0.717) is 23.9 Å². The minimum atomic E-state index is 0.337. The third kappa shape index (κ3) is 1.47. The van der Waals surface area contributed by atoms with Gasteiger partial charge in [-0.2, -0.15) is 0 Å². The lowest BCUT2D eigenvalue weighted by Gasteiger charge is -2.29. The fourth-order valence-electron chi connectivity index (χ4n) is 1.90. The van der Waals surface area contributed by atoms with Crippen molar-refractivity contribution >= 4 is 5.91 Å². The van der Waals surface area contributed by atoms with E-state index < -0.39 is 0 Å². The Morgan fingerprint density at radius 2 is 2.17 bits per heavy atom. The number of hydrogen-bond acceptors (Lipinski definition) is 1. The summed E-state index contributed by atoms with van der Waals surface area (Å²) in [7, 11) is 0. The highest BCUT2D eigenvalue weighted by Crippen LogP contribution is 2.27. The quantitative estimate of drug-likeness (QED) is 0.619. The van der Waals surface area contributed by atoms with Crippen LogP contribution >= 0.6 is 0 Å². The average molecular weight is 169 g/mol. The zero-order valence-electron chi connectivity index (χ0n) is 8.50. The molecule has 1 aliphatic heterocycles. The average Bonchev–Trinajstić information content (AvgIpc) is 2.26. The Balaban J connectivity index is 2.69. The van der Waals surface area contributed by atoms with Gasteiger partial charge in [0.15, 0.2) is 0 Å². The number of likely N-dealkylation sites (tertiary alicyclic amines) is 1. The summed E-state index contributed by atoms with van der Waals surface area (Å²) in [6.07, 6.45) is 1.80. The Labute approximate surface area is 74.9 Å². The lowest BCUT2D eigenvalue weighted by molar-refractivity contribution is -0.130. The molecule has 1 amide bonds. The topological polar surface area (TPSA) is 20.3 Å². The molecule has 70 valence electrons. The Kier molecular flexibility index (Phi) is 2.76. The first-order valence-corrected chi connectivity index (χ1v) is 4.89. The van der Waals surface area contributed by atoms with Gasteiger partial charge in [-0.15, -0.1) is 0 Å². The first-order valence-electron chi connectivity index (χ1n) is 4.89. The predicted molar refractivity (Wildman–Crippen MR) is 49.8 cm³/mol. The summed E-state index contributed by atoms with van der Waals surface area (Å²) in [5.41, 5.74) is 0. The minimum absolute atomic E-state index is 0.337. The standard InChI is InChI=1S/C10H19NO/c1-5-8(3)11-9(4)7(2)6-10(11)12/h7-9H,5-6H2,1-4H3/t7-,8?,9+/m1/s1. The molecule has 0 bridgehead atoms. The van der Waals surface area contributed by atoms with E-state index >= 15 is 0 Å². The molecule has 0 radical (unpaired) electrons. The third-order valence-corrected chi connectivity index (χ3v) is 3.11. The molecule has 1 saturated heterocycles. The molecule has 1 heterocycles. The number of rotatable bonds is 2.